The van der Waals surface area contributed by atoms with Crippen LogP contribution in [0.15, 0.2) is 29.2 Å². The average molecular weight is 322 g/mol. The second kappa shape index (κ2) is 6.31. The van der Waals surface area contributed by atoms with Crippen molar-refractivity contribution in [3.8, 4) is 0 Å². The molecule has 0 bridgehead atoms. The molecule has 8 heteroatoms. The highest BCUT2D eigenvalue weighted by Crippen LogP contribution is 2.20. The first-order valence-corrected chi connectivity index (χ1v) is 7.43. The van der Waals surface area contributed by atoms with Gasteiger partial charge in [0.25, 0.3) is 5.91 Å². The van der Waals surface area contributed by atoms with E-state index in [4.69, 9.17) is 16.1 Å². The van der Waals surface area contributed by atoms with Crippen LogP contribution in [0.2, 0.25) is 5.02 Å². The summed E-state index contributed by atoms with van der Waals surface area (Å²) in [6, 6.07) is 1.88. The fourth-order valence-corrected chi connectivity index (χ4v) is 2.69. The molecule has 0 saturated carbocycles. The number of halogens is 1. The van der Waals surface area contributed by atoms with E-state index in [0.717, 1.165) is 12.8 Å². The van der Waals surface area contributed by atoms with Gasteiger partial charge in [-0.1, -0.05) is 16.8 Å². The summed E-state index contributed by atoms with van der Waals surface area (Å²) in [6.07, 6.45) is 6.35. The predicted molar refractivity (Wildman–Crippen MR) is 80.9 cm³/mol. The lowest BCUT2D eigenvalue weighted by molar-refractivity contribution is 0.0671. The van der Waals surface area contributed by atoms with Crippen molar-refractivity contribution in [2.45, 2.75) is 18.9 Å². The monoisotopic (exact) mass is 321 g/mol. The van der Waals surface area contributed by atoms with E-state index < -0.39 is 0 Å². The lowest BCUT2D eigenvalue weighted by Gasteiger charge is -2.36. The Hall–Kier alpha value is -2.15. The molecule has 0 unspecified atom stereocenters. The van der Waals surface area contributed by atoms with Crippen LogP contribution in [0.4, 0.5) is 5.95 Å². The van der Waals surface area contributed by atoms with Crippen LogP contribution in [-0.4, -0.2) is 52.1 Å². The van der Waals surface area contributed by atoms with E-state index in [1.807, 2.05) is 11.9 Å². The van der Waals surface area contributed by atoms with Gasteiger partial charge in [0.1, 0.15) is 0 Å². The lowest BCUT2D eigenvalue weighted by atomic mass is 10.0. The number of carbonyl (C=O) groups is 1. The molecule has 1 fully saturated rings. The van der Waals surface area contributed by atoms with E-state index in [-0.39, 0.29) is 11.7 Å². The normalized spacial score (nSPS) is 15.8. The number of amides is 1. The fourth-order valence-electron chi connectivity index (χ4n) is 2.59. The number of anilines is 1. The first-order valence-electron chi connectivity index (χ1n) is 7.05. The molecule has 0 atom stereocenters. The van der Waals surface area contributed by atoms with Gasteiger partial charge in [0.15, 0.2) is 0 Å². The first kappa shape index (κ1) is 14.8. The molecule has 3 rings (SSSR count). The van der Waals surface area contributed by atoms with Crippen molar-refractivity contribution in [1.82, 2.24) is 20.0 Å². The smallest absolute Gasteiger partial charge is 0.292 e. The molecule has 3 heterocycles. The summed E-state index contributed by atoms with van der Waals surface area (Å²) in [5.74, 6) is 0.818. The summed E-state index contributed by atoms with van der Waals surface area (Å²) in [4.78, 5) is 24.5. The van der Waals surface area contributed by atoms with Gasteiger partial charge in [-0.2, -0.15) is 0 Å². The first-order chi connectivity index (χ1) is 10.6. The van der Waals surface area contributed by atoms with Crippen molar-refractivity contribution in [1.29, 1.82) is 0 Å². The van der Waals surface area contributed by atoms with Gasteiger partial charge in [-0.25, -0.2) is 9.97 Å². The van der Waals surface area contributed by atoms with E-state index >= 15 is 0 Å². The third-order valence-corrected chi connectivity index (χ3v) is 4.07. The van der Waals surface area contributed by atoms with Crippen LogP contribution in [0.25, 0.3) is 0 Å². The molecule has 1 aliphatic heterocycles. The summed E-state index contributed by atoms with van der Waals surface area (Å²) in [5, 5.41) is 4.09. The van der Waals surface area contributed by atoms with E-state index in [2.05, 4.69) is 15.1 Å². The lowest BCUT2D eigenvalue weighted by Crippen LogP contribution is -2.46. The van der Waals surface area contributed by atoms with Gasteiger partial charge in [0, 0.05) is 32.2 Å². The number of hydrogen-bond donors (Lipinski definition) is 0. The summed E-state index contributed by atoms with van der Waals surface area (Å²) >= 11 is 5.80. The molecular weight excluding hydrogens is 306 g/mol. The number of likely N-dealkylation sites (tertiary alicyclic amines) is 1. The van der Waals surface area contributed by atoms with Crippen LogP contribution < -0.4 is 4.90 Å². The van der Waals surface area contributed by atoms with E-state index in [1.54, 1.807) is 23.4 Å². The Balaban J connectivity index is 1.59. The Labute approximate surface area is 132 Å². The van der Waals surface area contributed by atoms with E-state index in [9.17, 15) is 4.79 Å². The minimum atomic E-state index is -0.110. The average Bonchev–Trinajstić information content (AvgIpc) is 3.09. The van der Waals surface area contributed by atoms with Crippen molar-refractivity contribution >= 4 is 23.5 Å². The molecule has 22 heavy (non-hydrogen) atoms. The Morgan fingerprint density at radius 1 is 1.36 bits per heavy atom. The van der Waals surface area contributed by atoms with Crippen molar-refractivity contribution in [3.63, 3.8) is 0 Å². The molecule has 116 valence electrons. The molecular formula is C14H16ClN5O2. The SMILES string of the molecule is CN(c1ncc(Cl)cn1)C1CCN(C(=O)c2ccno2)CC1. The zero-order valence-electron chi connectivity index (χ0n) is 12.1. The molecule has 7 nitrogen and oxygen atoms in total. The van der Waals surface area contributed by atoms with E-state index in [0.29, 0.717) is 30.1 Å². The number of piperidine rings is 1. The Kier molecular flexibility index (Phi) is 4.24. The summed E-state index contributed by atoms with van der Waals surface area (Å²) < 4.78 is 4.92. The van der Waals surface area contributed by atoms with Gasteiger partial charge < -0.3 is 14.3 Å². The van der Waals surface area contributed by atoms with Gasteiger partial charge in [-0.15, -0.1) is 0 Å². The third kappa shape index (κ3) is 3.04. The van der Waals surface area contributed by atoms with Gasteiger partial charge in [0.05, 0.1) is 23.6 Å². The number of carbonyl (C=O) groups excluding carboxylic acids is 1. The second-order valence-electron chi connectivity index (χ2n) is 5.21. The van der Waals surface area contributed by atoms with Crippen LogP contribution >= 0.6 is 11.6 Å². The van der Waals surface area contributed by atoms with Crippen LogP contribution in [0.3, 0.4) is 0 Å². The highest BCUT2D eigenvalue weighted by Gasteiger charge is 2.28. The Morgan fingerprint density at radius 3 is 2.64 bits per heavy atom. The highest BCUT2D eigenvalue weighted by molar-refractivity contribution is 6.30. The molecule has 2 aromatic rings. The standard InChI is InChI=1S/C14H16ClN5O2/c1-19(14-16-8-10(15)9-17-14)11-3-6-20(7-4-11)13(21)12-2-5-18-22-12/h2,5,8-9,11H,3-4,6-7H2,1H3. The molecule has 0 radical (unpaired) electrons. The van der Waals surface area contributed by atoms with Crippen molar-refractivity contribution in [2.75, 3.05) is 25.0 Å². The quantitative estimate of drug-likeness (QED) is 0.859. The maximum atomic E-state index is 12.2. The maximum absolute atomic E-state index is 12.2. The number of nitrogens with zero attached hydrogens (tertiary/aromatic N) is 5. The summed E-state index contributed by atoms with van der Waals surface area (Å²) in [5.41, 5.74) is 0. The van der Waals surface area contributed by atoms with Crippen molar-refractivity contribution < 1.29 is 9.32 Å². The summed E-state index contributed by atoms with van der Waals surface area (Å²) in [6.45, 7) is 1.34. The van der Waals surface area contributed by atoms with Gasteiger partial charge in [0.2, 0.25) is 11.7 Å². The minimum Gasteiger partial charge on any atom is -0.351 e. The predicted octanol–water partition coefficient (Wildman–Crippen LogP) is 1.86. The van der Waals surface area contributed by atoms with Crippen molar-refractivity contribution in [3.05, 3.63) is 35.4 Å². The maximum Gasteiger partial charge on any atom is 0.292 e. The number of rotatable bonds is 3. The fraction of sp³-hybridized carbons (Fsp3) is 0.429. The topological polar surface area (TPSA) is 75.4 Å². The molecule has 0 spiro atoms. The molecule has 2 aromatic heterocycles. The number of hydrogen-bond acceptors (Lipinski definition) is 6. The second-order valence-corrected chi connectivity index (χ2v) is 5.65. The van der Waals surface area contributed by atoms with Crippen LogP contribution in [0, 0.1) is 0 Å². The molecule has 1 aliphatic rings. The van der Waals surface area contributed by atoms with Gasteiger partial charge in [-0.05, 0) is 12.8 Å². The van der Waals surface area contributed by atoms with Crippen LogP contribution in [-0.2, 0) is 0 Å². The largest absolute Gasteiger partial charge is 0.351 e. The molecule has 0 aliphatic carbocycles. The van der Waals surface area contributed by atoms with Gasteiger partial charge in [-0.3, -0.25) is 4.79 Å². The molecule has 1 saturated heterocycles. The summed E-state index contributed by atoms with van der Waals surface area (Å²) in [7, 11) is 1.96. The molecule has 1 amide bonds. The third-order valence-electron chi connectivity index (χ3n) is 3.87. The number of aromatic nitrogens is 3. The minimum absolute atomic E-state index is 0.110. The van der Waals surface area contributed by atoms with E-state index in [1.165, 1.54) is 6.20 Å². The zero-order valence-corrected chi connectivity index (χ0v) is 12.9. The zero-order chi connectivity index (χ0) is 15.5. The highest BCUT2D eigenvalue weighted by atomic mass is 35.5. The Bertz CT molecular complexity index is 623. The van der Waals surface area contributed by atoms with Crippen LogP contribution in [0.1, 0.15) is 23.4 Å². The Morgan fingerprint density at radius 2 is 2.05 bits per heavy atom. The molecule has 0 aromatic carbocycles. The molecule has 0 N–H and O–H groups in total. The van der Waals surface area contributed by atoms with Crippen molar-refractivity contribution in [2.24, 2.45) is 0 Å². The van der Waals surface area contributed by atoms with Gasteiger partial charge >= 0.3 is 0 Å². The van der Waals surface area contributed by atoms with Crippen LogP contribution in [0.5, 0.6) is 0 Å².